The second kappa shape index (κ2) is 7.53. The molecular weight excluding hydrogens is 426 g/mol. The summed E-state index contributed by atoms with van der Waals surface area (Å²) in [5.74, 6) is 0.467. The normalized spacial score (nSPS) is 11.6. The number of rotatable bonds is 3. The van der Waals surface area contributed by atoms with Gasteiger partial charge in [0.2, 0.25) is 5.89 Å². The molecule has 0 N–H and O–H groups in total. The van der Waals surface area contributed by atoms with Crippen molar-refractivity contribution in [2.75, 3.05) is 0 Å². The highest BCUT2D eigenvalue weighted by Crippen LogP contribution is 2.31. The quantitative estimate of drug-likeness (QED) is 0.307. The number of benzene rings is 3. The Balaban J connectivity index is 1.65. The third-order valence-corrected chi connectivity index (χ3v) is 5.32. The van der Waals surface area contributed by atoms with Gasteiger partial charge in [0.1, 0.15) is 5.52 Å². The molecule has 0 amide bonds. The Kier molecular flexibility index (Phi) is 5.11. The highest BCUT2D eigenvalue weighted by molar-refractivity contribution is 6.42. The molecule has 4 aromatic rings. The van der Waals surface area contributed by atoms with Crippen molar-refractivity contribution < 1.29 is 4.42 Å². The van der Waals surface area contributed by atoms with Crippen LogP contribution in [0.4, 0.5) is 5.69 Å². The molecule has 0 saturated heterocycles. The summed E-state index contributed by atoms with van der Waals surface area (Å²) in [6, 6.07) is 16.1. The average Bonchev–Trinajstić information content (AvgIpc) is 3.08. The number of aromatic nitrogens is 1. The van der Waals surface area contributed by atoms with Crippen molar-refractivity contribution >= 4 is 69.4 Å². The lowest BCUT2D eigenvalue weighted by molar-refractivity contribution is 0.620. The molecule has 1 heterocycles. The summed E-state index contributed by atoms with van der Waals surface area (Å²) in [6.45, 7) is 0. The second-order valence-corrected chi connectivity index (χ2v) is 7.36. The molecule has 7 heteroatoms. The maximum Gasteiger partial charge on any atom is 0.227 e. The molecule has 0 aliphatic heterocycles. The van der Waals surface area contributed by atoms with Crippen molar-refractivity contribution in [1.82, 2.24) is 4.98 Å². The fourth-order valence-corrected chi connectivity index (χ4v) is 3.10. The first-order chi connectivity index (χ1) is 13.0. The van der Waals surface area contributed by atoms with Gasteiger partial charge in [-0.3, -0.25) is 4.99 Å². The molecule has 0 aliphatic carbocycles. The van der Waals surface area contributed by atoms with Crippen LogP contribution in [0.1, 0.15) is 5.56 Å². The molecule has 1 aromatic heterocycles. The van der Waals surface area contributed by atoms with Gasteiger partial charge in [-0.2, -0.15) is 0 Å². The molecular formula is C20H10Cl4N2O. The summed E-state index contributed by atoms with van der Waals surface area (Å²) >= 11 is 24.0. The van der Waals surface area contributed by atoms with E-state index in [1.165, 1.54) is 0 Å². The lowest BCUT2D eigenvalue weighted by atomic mass is 10.2. The maximum atomic E-state index is 6.07. The Morgan fingerprint density at radius 2 is 1.52 bits per heavy atom. The van der Waals surface area contributed by atoms with Gasteiger partial charge in [-0.1, -0.05) is 52.5 Å². The molecule has 27 heavy (non-hydrogen) atoms. The summed E-state index contributed by atoms with van der Waals surface area (Å²) in [5.41, 5.74) is 3.69. The number of halogens is 4. The number of nitrogens with zero attached hydrogens (tertiary/aromatic N) is 2. The molecule has 4 rings (SSSR count). The summed E-state index contributed by atoms with van der Waals surface area (Å²) in [6.07, 6.45) is 1.71. The summed E-state index contributed by atoms with van der Waals surface area (Å²) in [4.78, 5) is 8.97. The van der Waals surface area contributed by atoms with Gasteiger partial charge in [0.15, 0.2) is 5.58 Å². The van der Waals surface area contributed by atoms with Gasteiger partial charge in [0.25, 0.3) is 0 Å². The molecule has 3 nitrogen and oxygen atoms in total. The Hall–Kier alpha value is -2.04. The minimum atomic E-state index is 0.448. The van der Waals surface area contributed by atoms with E-state index in [0.717, 1.165) is 16.8 Å². The third-order valence-electron chi connectivity index (χ3n) is 3.84. The third kappa shape index (κ3) is 3.97. The Morgan fingerprint density at radius 1 is 0.778 bits per heavy atom. The van der Waals surface area contributed by atoms with Crippen molar-refractivity contribution in [2.24, 2.45) is 4.99 Å². The average molecular weight is 436 g/mol. The van der Waals surface area contributed by atoms with E-state index in [0.29, 0.717) is 37.1 Å². The molecule has 0 aliphatic rings. The van der Waals surface area contributed by atoms with Gasteiger partial charge in [0, 0.05) is 11.8 Å². The standard InChI is InChI=1S/C20H10Cl4N2O/c21-14-4-1-11(7-16(14)23)10-25-13-3-6-19-18(9-13)26-20(27-19)12-2-5-15(22)17(24)8-12/h1-10H. The lowest BCUT2D eigenvalue weighted by Crippen LogP contribution is -1.81. The largest absolute Gasteiger partial charge is 0.436 e. The molecule has 134 valence electrons. The molecule has 0 bridgehead atoms. The predicted molar refractivity (Wildman–Crippen MR) is 113 cm³/mol. The van der Waals surface area contributed by atoms with Crippen molar-refractivity contribution in [3.8, 4) is 11.5 Å². The minimum absolute atomic E-state index is 0.448. The second-order valence-electron chi connectivity index (χ2n) is 5.73. The number of aliphatic imine (C=N–C) groups is 1. The van der Waals surface area contributed by atoms with Gasteiger partial charge < -0.3 is 4.42 Å². The minimum Gasteiger partial charge on any atom is -0.436 e. The van der Waals surface area contributed by atoms with E-state index in [-0.39, 0.29) is 0 Å². The van der Waals surface area contributed by atoms with Crippen molar-refractivity contribution in [2.45, 2.75) is 0 Å². The van der Waals surface area contributed by atoms with E-state index in [2.05, 4.69) is 9.98 Å². The van der Waals surface area contributed by atoms with E-state index in [1.807, 2.05) is 30.3 Å². The lowest BCUT2D eigenvalue weighted by Gasteiger charge is -1.97. The number of oxazole rings is 1. The first-order valence-electron chi connectivity index (χ1n) is 7.85. The van der Waals surface area contributed by atoms with Crippen LogP contribution in [-0.2, 0) is 0 Å². The topological polar surface area (TPSA) is 38.4 Å². The molecule has 0 radical (unpaired) electrons. The number of hydrogen-bond acceptors (Lipinski definition) is 3. The van der Waals surface area contributed by atoms with E-state index in [4.69, 9.17) is 50.8 Å². The van der Waals surface area contributed by atoms with Crippen LogP contribution in [0.5, 0.6) is 0 Å². The fourth-order valence-electron chi connectivity index (χ4n) is 2.49. The Bertz CT molecular complexity index is 1180. The zero-order valence-electron chi connectivity index (χ0n) is 13.6. The smallest absolute Gasteiger partial charge is 0.227 e. The summed E-state index contributed by atoms with van der Waals surface area (Å²) in [7, 11) is 0. The van der Waals surface area contributed by atoms with Crippen LogP contribution in [0, 0.1) is 0 Å². The molecule has 0 saturated carbocycles. The number of fused-ring (bicyclic) bond motifs is 1. The first kappa shape index (κ1) is 18.3. The SMILES string of the molecule is Clc1ccc(C=Nc2ccc3oc(-c4ccc(Cl)c(Cl)c4)nc3c2)cc1Cl. The van der Waals surface area contributed by atoms with Crippen LogP contribution in [0.15, 0.2) is 64.0 Å². The summed E-state index contributed by atoms with van der Waals surface area (Å²) in [5, 5.41) is 1.92. The van der Waals surface area contributed by atoms with Gasteiger partial charge in [0.05, 0.1) is 25.8 Å². The highest BCUT2D eigenvalue weighted by atomic mass is 35.5. The van der Waals surface area contributed by atoms with Crippen LogP contribution in [0.25, 0.3) is 22.6 Å². The van der Waals surface area contributed by atoms with Gasteiger partial charge in [-0.05, 0) is 54.1 Å². The monoisotopic (exact) mass is 434 g/mol. The van der Waals surface area contributed by atoms with Crippen LogP contribution in [-0.4, -0.2) is 11.2 Å². The van der Waals surface area contributed by atoms with E-state index in [1.54, 1.807) is 30.5 Å². The summed E-state index contributed by atoms with van der Waals surface area (Å²) < 4.78 is 5.80. The zero-order chi connectivity index (χ0) is 19.0. The van der Waals surface area contributed by atoms with Crippen LogP contribution in [0.2, 0.25) is 20.1 Å². The van der Waals surface area contributed by atoms with Gasteiger partial charge in [-0.25, -0.2) is 4.98 Å². The van der Waals surface area contributed by atoms with E-state index < -0.39 is 0 Å². The zero-order valence-corrected chi connectivity index (χ0v) is 16.6. The molecule has 0 atom stereocenters. The van der Waals surface area contributed by atoms with Crippen LogP contribution >= 0.6 is 46.4 Å². The van der Waals surface area contributed by atoms with E-state index >= 15 is 0 Å². The fraction of sp³-hybridized carbons (Fsp3) is 0. The Morgan fingerprint density at radius 3 is 2.26 bits per heavy atom. The van der Waals surface area contributed by atoms with Gasteiger partial charge in [-0.15, -0.1) is 0 Å². The maximum absolute atomic E-state index is 6.07. The van der Waals surface area contributed by atoms with Gasteiger partial charge >= 0.3 is 0 Å². The molecule has 3 aromatic carbocycles. The van der Waals surface area contributed by atoms with Crippen LogP contribution in [0.3, 0.4) is 0 Å². The first-order valence-corrected chi connectivity index (χ1v) is 9.36. The number of hydrogen-bond donors (Lipinski definition) is 0. The highest BCUT2D eigenvalue weighted by Gasteiger charge is 2.10. The van der Waals surface area contributed by atoms with Crippen molar-refractivity contribution in [1.29, 1.82) is 0 Å². The van der Waals surface area contributed by atoms with Crippen molar-refractivity contribution in [3.63, 3.8) is 0 Å². The molecule has 0 spiro atoms. The van der Waals surface area contributed by atoms with Crippen LogP contribution < -0.4 is 0 Å². The van der Waals surface area contributed by atoms with Crippen molar-refractivity contribution in [3.05, 3.63) is 80.3 Å². The molecule has 0 unspecified atom stereocenters. The molecule has 0 fully saturated rings. The van der Waals surface area contributed by atoms with E-state index in [9.17, 15) is 0 Å². The predicted octanol–water partition coefficient (Wildman–Crippen LogP) is 7.86. The Labute approximate surface area is 175 Å².